The lowest BCUT2D eigenvalue weighted by Crippen LogP contribution is -1.93. The van der Waals surface area contributed by atoms with Crippen molar-refractivity contribution in [3.05, 3.63) is 0 Å². The van der Waals surface area contributed by atoms with Gasteiger partial charge in [-0.2, -0.15) is 0 Å². The smallest absolute Gasteiger partial charge is 0.303 e. The van der Waals surface area contributed by atoms with Crippen LogP contribution in [0.25, 0.3) is 0 Å². The van der Waals surface area contributed by atoms with Gasteiger partial charge in [-0.1, -0.05) is 226 Å². The first-order valence-corrected chi connectivity index (χ1v) is 20.0. The molecule has 0 aromatic heterocycles. The van der Waals surface area contributed by atoms with Crippen molar-refractivity contribution in [2.24, 2.45) is 0 Å². The molecule has 0 aliphatic heterocycles. The summed E-state index contributed by atoms with van der Waals surface area (Å²) in [4.78, 5) is 10.4. The molecule has 3 nitrogen and oxygen atoms in total. The summed E-state index contributed by atoms with van der Waals surface area (Å²) in [6, 6.07) is 0. The molecule has 0 unspecified atom stereocenters. The number of unbranched alkanes of at least 4 members (excludes halogenated alkanes) is 33. The molecule has 0 aliphatic rings. The zero-order valence-electron chi connectivity index (χ0n) is 30.0. The molecule has 260 valence electrons. The second-order valence-corrected chi connectivity index (χ2v) is 13.5. The van der Waals surface area contributed by atoms with Crippen LogP contribution in [0.3, 0.4) is 0 Å². The third-order valence-corrected chi connectivity index (χ3v) is 9.01. The number of aliphatic hydroxyl groups excluding tert-OH is 1. The summed E-state index contributed by atoms with van der Waals surface area (Å²) in [6.45, 7) is 4.94. The Balaban J connectivity index is 0. The summed E-state index contributed by atoms with van der Waals surface area (Å²) in [5, 5.41) is 17.2. The third kappa shape index (κ3) is 48.5. The van der Waals surface area contributed by atoms with Gasteiger partial charge in [0.25, 0.3) is 0 Å². The molecule has 0 bridgehead atoms. The van der Waals surface area contributed by atoms with E-state index in [0.29, 0.717) is 13.0 Å². The molecule has 0 aliphatic carbocycles. The molecule has 0 heterocycles. The quantitative estimate of drug-likeness (QED) is 0.0694. The molecule has 0 radical (unpaired) electrons. The van der Waals surface area contributed by atoms with Gasteiger partial charge in [-0.05, 0) is 12.8 Å². The minimum atomic E-state index is -0.651. The first-order valence-electron chi connectivity index (χ1n) is 20.0. The third-order valence-electron chi connectivity index (χ3n) is 9.01. The standard InChI is InChI=1S/C22H44O2.C18H38O/c1-2-3-4-5-6-7-8-9-10-11-12-13-14-15-16-17-18-19-20-21-22(23)24;1-2-3-4-5-6-7-8-9-10-11-12-13-14-15-16-17-18-19/h2-21H2,1H3,(H,23,24);19H,2-18H2,1H3. The van der Waals surface area contributed by atoms with Crippen LogP contribution in [0.5, 0.6) is 0 Å². The summed E-state index contributed by atoms with van der Waals surface area (Å²) in [7, 11) is 0. The highest BCUT2D eigenvalue weighted by atomic mass is 16.4. The zero-order chi connectivity index (χ0) is 31.7. The van der Waals surface area contributed by atoms with Gasteiger partial charge < -0.3 is 10.2 Å². The first kappa shape index (κ1) is 44.6. The minimum Gasteiger partial charge on any atom is -0.481 e. The van der Waals surface area contributed by atoms with Crippen molar-refractivity contribution in [1.82, 2.24) is 0 Å². The number of hydrogen-bond acceptors (Lipinski definition) is 2. The summed E-state index contributed by atoms with van der Waals surface area (Å²) >= 11 is 0. The molecule has 0 aromatic carbocycles. The van der Waals surface area contributed by atoms with Crippen LogP contribution >= 0.6 is 0 Å². The number of rotatable bonds is 36. The number of hydrogen-bond donors (Lipinski definition) is 2. The molecule has 0 spiro atoms. The molecule has 0 atom stereocenters. The molecular weight excluding hydrogens is 528 g/mol. The van der Waals surface area contributed by atoms with Crippen molar-refractivity contribution < 1.29 is 15.0 Å². The van der Waals surface area contributed by atoms with Crippen LogP contribution in [0.2, 0.25) is 0 Å². The highest BCUT2D eigenvalue weighted by Gasteiger charge is 1.98. The number of aliphatic carboxylic acids is 1. The van der Waals surface area contributed by atoms with Crippen LogP contribution in [0.1, 0.15) is 245 Å². The Hall–Kier alpha value is -0.570. The van der Waals surface area contributed by atoms with Crippen molar-refractivity contribution in [1.29, 1.82) is 0 Å². The summed E-state index contributed by atoms with van der Waals surface area (Å²) in [5.74, 6) is -0.651. The molecular formula is C40H82O3. The van der Waals surface area contributed by atoms with E-state index in [0.717, 1.165) is 19.3 Å². The fourth-order valence-corrected chi connectivity index (χ4v) is 6.01. The predicted octanol–water partition coefficient (Wildman–Crippen LogP) is 14.1. The van der Waals surface area contributed by atoms with E-state index in [1.54, 1.807) is 0 Å². The topological polar surface area (TPSA) is 57.5 Å². The van der Waals surface area contributed by atoms with Gasteiger partial charge in [-0.25, -0.2) is 0 Å². The fourth-order valence-electron chi connectivity index (χ4n) is 6.01. The van der Waals surface area contributed by atoms with Crippen LogP contribution in [0, 0.1) is 0 Å². The van der Waals surface area contributed by atoms with E-state index >= 15 is 0 Å². The summed E-state index contributed by atoms with van der Waals surface area (Å²) in [5.41, 5.74) is 0. The number of carboxylic acid groups (broad SMARTS) is 1. The van der Waals surface area contributed by atoms with Gasteiger partial charge in [0.05, 0.1) is 0 Å². The maximum absolute atomic E-state index is 10.4. The highest BCUT2D eigenvalue weighted by molar-refractivity contribution is 5.66. The minimum absolute atomic E-state index is 0.346. The van der Waals surface area contributed by atoms with Crippen LogP contribution in [-0.4, -0.2) is 22.8 Å². The zero-order valence-corrected chi connectivity index (χ0v) is 30.0. The van der Waals surface area contributed by atoms with Crippen LogP contribution < -0.4 is 0 Å². The maximum atomic E-state index is 10.4. The second kappa shape index (κ2) is 43.6. The Morgan fingerprint density at radius 1 is 0.326 bits per heavy atom. The highest BCUT2D eigenvalue weighted by Crippen LogP contribution is 2.15. The van der Waals surface area contributed by atoms with E-state index in [-0.39, 0.29) is 0 Å². The van der Waals surface area contributed by atoms with Crippen LogP contribution in [0.15, 0.2) is 0 Å². The second-order valence-electron chi connectivity index (χ2n) is 13.5. The molecule has 2 N–H and O–H groups in total. The van der Waals surface area contributed by atoms with Crippen molar-refractivity contribution in [2.45, 2.75) is 245 Å². The maximum Gasteiger partial charge on any atom is 0.303 e. The molecule has 0 aromatic rings. The van der Waals surface area contributed by atoms with E-state index in [4.69, 9.17) is 10.2 Å². The lowest BCUT2D eigenvalue weighted by molar-refractivity contribution is -0.137. The number of carbonyl (C=O) groups is 1. The average Bonchev–Trinajstić information content (AvgIpc) is 3.00. The van der Waals surface area contributed by atoms with Gasteiger partial charge in [0, 0.05) is 13.0 Å². The van der Waals surface area contributed by atoms with Crippen LogP contribution in [0.4, 0.5) is 0 Å². The first-order chi connectivity index (χ1) is 21.2. The number of aliphatic hydroxyl groups is 1. The average molecular weight is 611 g/mol. The Morgan fingerprint density at radius 3 is 0.698 bits per heavy atom. The van der Waals surface area contributed by atoms with Crippen LogP contribution in [-0.2, 0) is 4.79 Å². The fraction of sp³-hybridized carbons (Fsp3) is 0.975. The molecule has 0 saturated carbocycles. The molecule has 3 heteroatoms. The summed E-state index contributed by atoms with van der Waals surface area (Å²) in [6.07, 6.45) is 48.3. The Morgan fingerprint density at radius 2 is 0.512 bits per heavy atom. The van der Waals surface area contributed by atoms with Gasteiger partial charge in [0.1, 0.15) is 0 Å². The van der Waals surface area contributed by atoms with E-state index in [1.807, 2.05) is 0 Å². The van der Waals surface area contributed by atoms with Gasteiger partial charge in [0.15, 0.2) is 0 Å². The van der Waals surface area contributed by atoms with Gasteiger partial charge in [-0.15, -0.1) is 0 Å². The molecule has 0 amide bonds. The lowest BCUT2D eigenvalue weighted by atomic mass is 10.0. The molecule has 0 fully saturated rings. The summed E-state index contributed by atoms with van der Waals surface area (Å²) < 4.78 is 0. The Labute approximate surface area is 272 Å². The van der Waals surface area contributed by atoms with E-state index < -0.39 is 5.97 Å². The van der Waals surface area contributed by atoms with Crippen molar-refractivity contribution in [2.75, 3.05) is 6.61 Å². The normalized spacial score (nSPS) is 11.0. The van der Waals surface area contributed by atoms with Crippen molar-refractivity contribution >= 4 is 5.97 Å². The SMILES string of the molecule is CCCCCCCCCCCCCCCCCCCCCC(=O)O.CCCCCCCCCCCCCCCCCCO. The van der Waals surface area contributed by atoms with E-state index in [1.165, 1.54) is 205 Å². The van der Waals surface area contributed by atoms with Gasteiger partial charge in [0.2, 0.25) is 0 Å². The van der Waals surface area contributed by atoms with Crippen molar-refractivity contribution in [3.8, 4) is 0 Å². The monoisotopic (exact) mass is 611 g/mol. The molecule has 43 heavy (non-hydrogen) atoms. The number of carboxylic acids is 1. The van der Waals surface area contributed by atoms with Gasteiger partial charge in [-0.3, -0.25) is 4.79 Å². The Kier molecular flexibility index (Phi) is 45.1. The molecule has 0 saturated heterocycles. The van der Waals surface area contributed by atoms with Crippen molar-refractivity contribution in [3.63, 3.8) is 0 Å². The predicted molar refractivity (Wildman–Crippen MR) is 192 cm³/mol. The lowest BCUT2D eigenvalue weighted by Gasteiger charge is -2.03. The van der Waals surface area contributed by atoms with E-state index in [9.17, 15) is 4.79 Å². The Bertz CT molecular complexity index is 462. The van der Waals surface area contributed by atoms with E-state index in [2.05, 4.69) is 13.8 Å². The largest absolute Gasteiger partial charge is 0.481 e. The van der Waals surface area contributed by atoms with Gasteiger partial charge >= 0.3 is 5.97 Å². The molecule has 0 rings (SSSR count).